The lowest BCUT2D eigenvalue weighted by Crippen LogP contribution is -2.07. The molecule has 0 aliphatic carbocycles. The molecule has 1 aromatic heterocycles. The highest BCUT2D eigenvalue weighted by Crippen LogP contribution is 2.25. The topological polar surface area (TPSA) is 65.7 Å². The van der Waals surface area contributed by atoms with Crippen LogP contribution in [0.2, 0.25) is 0 Å². The maximum atomic E-state index is 11.4. The molecule has 0 N–H and O–H groups in total. The third-order valence-electron chi connectivity index (χ3n) is 4.13. The van der Waals surface area contributed by atoms with Crippen molar-refractivity contribution in [2.24, 2.45) is 5.92 Å². The smallest absolute Gasteiger partial charge is 0.336 e. The fourth-order valence-electron chi connectivity index (χ4n) is 2.80. The van der Waals surface area contributed by atoms with E-state index in [4.69, 9.17) is 13.9 Å². The Balaban J connectivity index is 1.57. The third kappa shape index (κ3) is 3.85. The summed E-state index contributed by atoms with van der Waals surface area (Å²) in [6.45, 7) is 4.30. The number of cyclic esters (lactones) is 1. The number of fused-ring (bicyclic) bond motifs is 1. The Labute approximate surface area is 139 Å². The van der Waals surface area contributed by atoms with Crippen LogP contribution in [0.3, 0.4) is 0 Å². The van der Waals surface area contributed by atoms with Crippen LogP contribution in [0.25, 0.3) is 11.0 Å². The molecule has 2 atom stereocenters. The zero-order valence-corrected chi connectivity index (χ0v) is 13.8. The number of rotatable bonds is 5. The van der Waals surface area contributed by atoms with Crippen LogP contribution >= 0.6 is 0 Å². The van der Waals surface area contributed by atoms with Crippen LogP contribution in [0.15, 0.2) is 51.2 Å². The van der Waals surface area contributed by atoms with Gasteiger partial charge in [-0.05, 0) is 37.6 Å². The fourth-order valence-corrected chi connectivity index (χ4v) is 2.80. The molecule has 0 spiro atoms. The summed E-state index contributed by atoms with van der Waals surface area (Å²) in [6.07, 6.45) is 3.45. The molecule has 1 fully saturated rings. The molecular weight excluding hydrogens is 308 g/mol. The van der Waals surface area contributed by atoms with E-state index in [1.54, 1.807) is 12.1 Å². The maximum Gasteiger partial charge on any atom is 0.336 e. The van der Waals surface area contributed by atoms with Crippen molar-refractivity contribution in [3.63, 3.8) is 0 Å². The molecular formula is C19H20O5. The molecule has 1 aliphatic heterocycles. The minimum Gasteiger partial charge on any atom is -0.489 e. The van der Waals surface area contributed by atoms with Crippen molar-refractivity contribution in [1.82, 2.24) is 0 Å². The van der Waals surface area contributed by atoms with Crippen molar-refractivity contribution < 1.29 is 18.7 Å². The van der Waals surface area contributed by atoms with Crippen molar-refractivity contribution in [1.29, 1.82) is 0 Å². The van der Waals surface area contributed by atoms with Gasteiger partial charge in [0.2, 0.25) is 0 Å². The third-order valence-corrected chi connectivity index (χ3v) is 4.13. The summed E-state index contributed by atoms with van der Waals surface area (Å²) < 4.78 is 16.1. The monoisotopic (exact) mass is 328 g/mol. The second-order valence-electron chi connectivity index (χ2n) is 6.22. The first-order chi connectivity index (χ1) is 11.5. The number of hydrogen-bond donors (Lipinski definition) is 0. The predicted octanol–water partition coefficient (Wildman–Crippen LogP) is 3.46. The molecule has 1 aliphatic rings. The van der Waals surface area contributed by atoms with Crippen LogP contribution in [0.4, 0.5) is 0 Å². The quantitative estimate of drug-likeness (QED) is 0.478. The molecule has 24 heavy (non-hydrogen) atoms. The Bertz CT molecular complexity index is 833. The average Bonchev–Trinajstić information content (AvgIpc) is 2.84. The van der Waals surface area contributed by atoms with E-state index in [1.807, 2.05) is 32.1 Å². The number of carbonyl (C=O) groups excluding carboxylic acids is 1. The highest BCUT2D eigenvalue weighted by molar-refractivity contribution is 5.77. The van der Waals surface area contributed by atoms with Gasteiger partial charge in [-0.15, -0.1) is 0 Å². The molecule has 5 heteroatoms. The van der Waals surface area contributed by atoms with E-state index in [9.17, 15) is 9.59 Å². The Morgan fingerprint density at radius 3 is 2.83 bits per heavy atom. The average molecular weight is 328 g/mol. The number of carbonyl (C=O) groups is 1. The molecule has 0 radical (unpaired) electrons. The zero-order chi connectivity index (χ0) is 17.1. The normalized spacial score (nSPS) is 21.1. The Hall–Kier alpha value is -2.56. The predicted molar refractivity (Wildman–Crippen MR) is 90.0 cm³/mol. The first kappa shape index (κ1) is 16.3. The highest BCUT2D eigenvalue weighted by atomic mass is 16.5. The SMILES string of the molecule is CC(=CCOc1ccc2ccc(=O)oc2c1)C[C@H]1C[C@@H](C)C(=O)O1. The van der Waals surface area contributed by atoms with Gasteiger partial charge in [0.1, 0.15) is 24.0 Å². The van der Waals surface area contributed by atoms with Crippen molar-refractivity contribution >= 4 is 16.9 Å². The minimum atomic E-state index is -0.379. The van der Waals surface area contributed by atoms with Crippen LogP contribution in [-0.4, -0.2) is 18.7 Å². The van der Waals surface area contributed by atoms with Gasteiger partial charge in [0.15, 0.2) is 0 Å². The number of ether oxygens (including phenoxy) is 2. The van der Waals surface area contributed by atoms with Gasteiger partial charge in [0, 0.05) is 23.9 Å². The lowest BCUT2D eigenvalue weighted by atomic mass is 10.0. The lowest BCUT2D eigenvalue weighted by Gasteiger charge is -2.10. The molecule has 126 valence electrons. The summed E-state index contributed by atoms with van der Waals surface area (Å²) in [5, 5.41) is 0.853. The summed E-state index contributed by atoms with van der Waals surface area (Å²) >= 11 is 0. The van der Waals surface area contributed by atoms with E-state index in [0.29, 0.717) is 17.9 Å². The molecule has 0 unspecified atom stereocenters. The van der Waals surface area contributed by atoms with Gasteiger partial charge in [-0.1, -0.05) is 12.5 Å². The molecule has 1 saturated heterocycles. The second kappa shape index (κ2) is 6.91. The van der Waals surface area contributed by atoms with Gasteiger partial charge in [0.05, 0.1) is 5.92 Å². The molecule has 2 aromatic rings. The summed E-state index contributed by atoms with van der Waals surface area (Å²) in [4.78, 5) is 22.7. The van der Waals surface area contributed by atoms with E-state index in [-0.39, 0.29) is 23.6 Å². The summed E-state index contributed by atoms with van der Waals surface area (Å²) in [6, 6.07) is 8.51. The Morgan fingerprint density at radius 1 is 1.29 bits per heavy atom. The standard InChI is InChI=1S/C19H20O5/c1-12(9-16-10-13(2)19(21)23-16)7-8-22-15-5-3-14-4-6-18(20)24-17(14)11-15/h3-7,11,13,16H,8-10H2,1-2H3/t13-,16+/m1/s1. The first-order valence-electron chi connectivity index (χ1n) is 8.04. The van der Waals surface area contributed by atoms with Crippen LogP contribution in [0.1, 0.15) is 26.7 Å². The van der Waals surface area contributed by atoms with E-state index >= 15 is 0 Å². The number of hydrogen-bond acceptors (Lipinski definition) is 5. The maximum absolute atomic E-state index is 11.4. The van der Waals surface area contributed by atoms with Gasteiger partial charge in [-0.3, -0.25) is 4.79 Å². The number of esters is 1. The van der Waals surface area contributed by atoms with E-state index < -0.39 is 0 Å². The van der Waals surface area contributed by atoms with Crippen LogP contribution in [-0.2, 0) is 9.53 Å². The van der Waals surface area contributed by atoms with Crippen molar-refractivity contribution in [2.45, 2.75) is 32.8 Å². The van der Waals surface area contributed by atoms with Crippen LogP contribution in [0.5, 0.6) is 5.75 Å². The first-order valence-corrected chi connectivity index (χ1v) is 8.04. The minimum absolute atomic E-state index is 0.00805. The van der Waals surface area contributed by atoms with Gasteiger partial charge in [0.25, 0.3) is 0 Å². The van der Waals surface area contributed by atoms with Crippen molar-refractivity contribution in [2.75, 3.05) is 6.61 Å². The Morgan fingerprint density at radius 2 is 2.08 bits per heavy atom. The van der Waals surface area contributed by atoms with Gasteiger partial charge >= 0.3 is 11.6 Å². The molecule has 3 rings (SSSR count). The van der Waals surface area contributed by atoms with Crippen molar-refractivity contribution in [3.05, 3.63) is 52.4 Å². The van der Waals surface area contributed by atoms with Gasteiger partial charge < -0.3 is 13.9 Å². The largest absolute Gasteiger partial charge is 0.489 e. The van der Waals surface area contributed by atoms with Crippen LogP contribution in [0, 0.1) is 5.92 Å². The molecule has 0 saturated carbocycles. The van der Waals surface area contributed by atoms with Crippen LogP contribution < -0.4 is 10.4 Å². The van der Waals surface area contributed by atoms with E-state index in [1.165, 1.54) is 6.07 Å². The van der Waals surface area contributed by atoms with Gasteiger partial charge in [-0.25, -0.2) is 4.79 Å². The van der Waals surface area contributed by atoms with E-state index in [2.05, 4.69) is 0 Å². The fraction of sp³-hybridized carbons (Fsp3) is 0.368. The summed E-state index contributed by atoms with van der Waals surface area (Å²) in [5.74, 6) is 0.523. The lowest BCUT2D eigenvalue weighted by molar-refractivity contribution is -0.143. The molecule has 0 bridgehead atoms. The molecule has 5 nitrogen and oxygen atoms in total. The Kier molecular flexibility index (Phi) is 4.69. The molecule has 1 aromatic carbocycles. The van der Waals surface area contributed by atoms with Gasteiger partial charge in [-0.2, -0.15) is 0 Å². The van der Waals surface area contributed by atoms with E-state index in [0.717, 1.165) is 23.8 Å². The molecule has 2 heterocycles. The second-order valence-corrected chi connectivity index (χ2v) is 6.22. The summed E-state index contributed by atoms with van der Waals surface area (Å²) in [7, 11) is 0. The summed E-state index contributed by atoms with van der Waals surface area (Å²) in [5.41, 5.74) is 1.25. The zero-order valence-electron chi connectivity index (χ0n) is 13.8. The number of benzene rings is 1. The molecule has 0 amide bonds. The van der Waals surface area contributed by atoms with Crippen molar-refractivity contribution in [3.8, 4) is 5.75 Å². The highest BCUT2D eigenvalue weighted by Gasteiger charge is 2.30.